The molecule has 100 valence electrons. The van der Waals surface area contributed by atoms with Gasteiger partial charge in [0.15, 0.2) is 0 Å². The van der Waals surface area contributed by atoms with Gasteiger partial charge in [-0.05, 0) is 49.8 Å². The van der Waals surface area contributed by atoms with Crippen molar-refractivity contribution in [2.75, 3.05) is 0 Å². The molecule has 3 nitrogen and oxygen atoms in total. The van der Waals surface area contributed by atoms with Crippen LogP contribution < -0.4 is 5.73 Å². The van der Waals surface area contributed by atoms with Crippen LogP contribution in [0.25, 0.3) is 0 Å². The molecule has 1 heterocycles. The lowest BCUT2D eigenvalue weighted by Crippen LogP contribution is -2.24. The van der Waals surface area contributed by atoms with E-state index in [0.717, 1.165) is 18.7 Å². The van der Waals surface area contributed by atoms with Crippen molar-refractivity contribution in [2.45, 2.75) is 45.2 Å². The van der Waals surface area contributed by atoms with E-state index in [4.69, 9.17) is 5.73 Å². The van der Waals surface area contributed by atoms with Crippen LogP contribution in [0.5, 0.6) is 0 Å². The molecule has 0 radical (unpaired) electrons. The van der Waals surface area contributed by atoms with Crippen molar-refractivity contribution in [3.05, 3.63) is 52.8 Å². The van der Waals surface area contributed by atoms with Gasteiger partial charge in [0.2, 0.25) is 0 Å². The molecule has 2 unspecified atom stereocenters. The topological polar surface area (TPSA) is 43.8 Å². The van der Waals surface area contributed by atoms with Crippen molar-refractivity contribution >= 4 is 0 Å². The Morgan fingerprint density at radius 3 is 2.95 bits per heavy atom. The van der Waals surface area contributed by atoms with Crippen molar-refractivity contribution in [2.24, 2.45) is 5.73 Å². The number of aromatic nitrogens is 2. The summed E-state index contributed by atoms with van der Waals surface area (Å²) in [5.74, 6) is 0.617. The molecule has 2 N–H and O–H groups in total. The fourth-order valence-electron chi connectivity index (χ4n) is 3.12. The van der Waals surface area contributed by atoms with Crippen molar-refractivity contribution in [1.29, 1.82) is 0 Å². The predicted octanol–water partition coefficient (Wildman–Crippen LogP) is 2.94. The summed E-state index contributed by atoms with van der Waals surface area (Å²) in [6, 6.07) is 10.9. The third-order valence-corrected chi connectivity index (χ3v) is 4.11. The zero-order valence-corrected chi connectivity index (χ0v) is 11.6. The van der Waals surface area contributed by atoms with Gasteiger partial charge in [-0.15, -0.1) is 0 Å². The number of fused-ring (bicyclic) bond motifs is 1. The molecule has 19 heavy (non-hydrogen) atoms. The van der Waals surface area contributed by atoms with Crippen LogP contribution in [-0.2, 0) is 13.0 Å². The van der Waals surface area contributed by atoms with Gasteiger partial charge in [-0.25, -0.2) is 0 Å². The molecule has 0 spiro atoms. The molecule has 1 aromatic carbocycles. The molecule has 1 aliphatic carbocycles. The molecule has 0 saturated carbocycles. The maximum atomic E-state index is 6.39. The highest BCUT2D eigenvalue weighted by Gasteiger charge is 2.28. The van der Waals surface area contributed by atoms with E-state index in [0.29, 0.717) is 5.92 Å². The Morgan fingerprint density at radius 2 is 2.21 bits per heavy atom. The van der Waals surface area contributed by atoms with Gasteiger partial charge in [0, 0.05) is 12.6 Å². The average Bonchev–Trinajstić information content (AvgIpc) is 2.77. The van der Waals surface area contributed by atoms with E-state index >= 15 is 0 Å². The largest absolute Gasteiger partial charge is 0.323 e. The third kappa shape index (κ3) is 2.19. The van der Waals surface area contributed by atoms with Crippen molar-refractivity contribution in [3.8, 4) is 0 Å². The summed E-state index contributed by atoms with van der Waals surface area (Å²) >= 11 is 0. The minimum Gasteiger partial charge on any atom is -0.323 e. The van der Waals surface area contributed by atoms with Crippen LogP contribution in [0.3, 0.4) is 0 Å². The van der Waals surface area contributed by atoms with Crippen molar-refractivity contribution in [3.63, 3.8) is 0 Å². The summed E-state index contributed by atoms with van der Waals surface area (Å²) in [7, 11) is 0. The lowest BCUT2D eigenvalue weighted by Gasteiger charge is -2.32. The third-order valence-electron chi connectivity index (χ3n) is 4.11. The fraction of sp³-hybridized carbons (Fsp3) is 0.438. The fourth-order valence-corrected chi connectivity index (χ4v) is 3.12. The lowest BCUT2D eigenvalue weighted by molar-refractivity contribution is 0.469. The van der Waals surface area contributed by atoms with Crippen LogP contribution in [0.2, 0.25) is 0 Å². The van der Waals surface area contributed by atoms with E-state index in [1.807, 2.05) is 11.6 Å². The quantitative estimate of drug-likeness (QED) is 0.913. The van der Waals surface area contributed by atoms with Gasteiger partial charge in [-0.3, -0.25) is 4.68 Å². The summed E-state index contributed by atoms with van der Waals surface area (Å²) in [4.78, 5) is 0. The van der Waals surface area contributed by atoms with Crippen LogP contribution in [0, 0.1) is 6.92 Å². The molecule has 3 heteroatoms. The van der Waals surface area contributed by atoms with Crippen LogP contribution in [0.15, 0.2) is 30.3 Å². The van der Waals surface area contributed by atoms with Gasteiger partial charge >= 0.3 is 0 Å². The number of aryl methyl sites for hydroxylation is 2. The van der Waals surface area contributed by atoms with E-state index in [1.165, 1.54) is 23.2 Å². The lowest BCUT2D eigenvalue weighted by atomic mass is 9.74. The van der Waals surface area contributed by atoms with Crippen molar-refractivity contribution < 1.29 is 0 Å². The van der Waals surface area contributed by atoms with E-state index < -0.39 is 0 Å². The normalized spacial score (nSPS) is 18.8. The molecule has 1 aliphatic rings. The SMILES string of the molecule is CCn1nc(C)cc1C(N)CC1Cc2ccccc21. The van der Waals surface area contributed by atoms with E-state index in [9.17, 15) is 0 Å². The van der Waals surface area contributed by atoms with E-state index in [2.05, 4.69) is 42.4 Å². The monoisotopic (exact) mass is 255 g/mol. The van der Waals surface area contributed by atoms with Gasteiger partial charge in [-0.1, -0.05) is 24.3 Å². The van der Waals surface area contributed by atoms with Gasteiger partial charge < -0.3 is 5.73 Å². The summed E-state index contributed by atoms with van der Waals surface area (Å²) < 4.78 is 2.03. The molecule has 0 aliphatic heterocycles. The summed E-state index contributed by atoms with van der Waals surface area (Å²) in [5, 5.41) is 4.48. The number of benzene rings is 1. The Bertz CT molecular complexity index is 585. The van der Waals surface area contributed by atoms with Gasteiger partial charge in [0.25, 0.3) is 0 Å². The highest BCUT2D eigenvalue weighted by Crippen LogP contribution is 2.40. The second-order valence-corrected chi connectivity index (χ2v) is 5.47. The first-order valence-electron chi connectivity index (χ1n) is 7.06. The van der Waals surface area contributed by atoms with Crippen LogP contribution >= 0.6 is 0 Å². The van der Waals surface area contributed by atoms with E-state index in [-0.39, 0.29) is 6.04 Å². The Labute approximate surface area is 114 Å². The number of rotatable bonds is 4. The number of nitrogens with zero attached hydrogens (tertiary/aromatic N) is 2. The van der Waals surface area contributed by atoms with Crippen LogP contribution in [0.1, 0.15) is 47.8 Å². The van der Waals surface area contributed by atoms with E-state index in [1.54, 1.807) is 0 Å². The Kier molecular flexibility index (Phi) is 3.15. The number of hydrogen-bond acceptors (Lipinski definition) is 2. The zero-order chi connectivity index (χ0) is 13.4. The molecule has 3 rings (SSSR count). The standard InChI is InChI=1S/C16H21N3/c1-3-19-16(8-11(2)18-19)15(17)10-13-9-12-6-4-5-7-14(12)13/h4-8,13,15H,3,9-10,17H2,1-2H3. The Hall–Kier alpha value is -1.61. The molecule has 2 atom stereocenters. The smallest absolute Gasteiger partial charge is 0.0597 e. The molecule has 0 amide bonds. The maximum absolute atomic E-state index is 6.39. The molecular formula is C16H21N3. The first kappa shape index (κ1) is 12.4. The van der Waals surface area contributed by atoms with Crippen LogP contribution in [-0.4, -0.2) is 9.78 Å². The molecule has 0 bridgehead atoms. The summed E-state index contributed by atoms with van der Waals surface area (Å²) in [5.41, 5.74) is 11.6. The van der Waals surface area contributed by atoms with Gasteiger partial charge in [-0.2, -0.15) is 5.10 Å². The van der Waals surface area contributed by atoms with Gasteiger partial charge in [0.1, 0.15) is 0 Å². The second-order valence-electron chi connectivity index (χ2n) is 5.47. The number of hydrogen-bond donors (Lipinski definition) is 1. The summed E-state index contributed by atoms with van der Waals surface area (Å²) in [6.45, 7) is 5.03. The molecule has 1 aromatic heterocycles. The predicted molar refractivity (Wildman–Crippen MR) is 77.1 cm³/mol. The highest BCUT2D eigenvalue weighted by molar-refractivity contribution is 5.40. The highest BCUT2D eigenvalue weighted by atomic mass is 15.3. The van der Waals surface area contributed by atoms with Gasteiger partial charge in [0.05, 0.1) is 11.4 Å². The minimum absolute atomic E-state index is 0.0829. The molecule has 0 fully saturated rings. The first-order chi connectivity index (χ1) is 9.19. The Morgan fingerprint density at radius 1 is 1.42 bits per heavy atom. The second kappa shape index (κ2) is 4.82. The first-order valence-corrected chi connectivity index (χ1v) is 7.06. The molecule has 2 aromatic rings. The van der Waals surface area contributed by atoms with Crippen LogP contribution in [0.4, 0.5) is 0 Å². The summed E-state index contributed by atoms with van der Waals surface area (Å²) in [6.07, 6.45) is 2.19. The minimum atomic E-state index is 0.0829. The molecule has 0 saturated heterocycles. The van der Waals surface area contributed by atoms with Crippen molar-refractivity contribution in [1.82, 2.24) is 9.78 Å². The molecular weight excluding hydrogens is 234 g/mol. The average molecular weight is 255 g/mol. The maximum Gasteiger partial charge on any atom is 0.0597 e. The Balaban J connectivity index is 1.74. The zero-order valence-electron chi connectivity index (χ0n) is 11.6. The number of nitrogens with two attached hydrogens (primary N) is 1.